The van der Waals surface area contributed by atoms with Crippen LogP contribution in [0.15, 0.2) is 72.9 Å². The molecule has 0 rings (SSSR count). The Morgan fingerprint density at radius 1 is 0.323 bits per heavy atom. The summed E-state index contributed by atoms with van der Waals surface area (Å²) >= 11 is 0. The molecule has 65 heavy (non-hydrogen) atoms. The summed E-state index contributed by atoms with van der Waals surface area (Å²) in [5.74, 6) is -0.907. The first-order chi connectivity index (χ1) is 32.0. The van der Waals surface area contributed by atoms with Gasteiger partial charge in [-0.15, -0.1) is 0 Å². The van der Waals surface area contributed by atoms with Gasteiger partial charge in [-0.25, -0.2) is 0 Å². The van der Waals surface area contributed by atoms with Gasteiger partial charge in [0.15, 0.2) is 6.10 Å². The van der Waals surface area contributed by atoms with Crippen molar-refractivity contribution in [1.82, 2.24) is 0 Å². The third-order valence-electron chi connectivity index (χ3n) is 11.7. The van der Waals surface area contributed by atoms with Crippen LogP contribution in [0.4, 0.5) is 0 Å². The molecule has 0 saturated heterocycles. The molecule has 0 aliphatic heterocycles. The van der Waals surface area contributed by atoms with E-state index in [2.05, 4.69) is 93.7 Å². The van der Waals surface area contributed by atoms with Crippen molar-refractivity contribution in [2.24, 2.45) is 0 Å². The number of rotatable bonds is 49. The van der Waals surface area contributed by atoms with Gasteiger partial charge in [0.05, 0.1) is 0 Å². The predicted molar refractivity (Wildman–Crippen MR) is 279 cm³/mol. The van der Waals surface area contributed by atoms with Crippen LogP contribution in [0.1, 0.15) is 265 Å². The van der Waals surface area contributed by atoms with E-state index >= 15 is 0 Å². The SMILES string of the molecule is CC/C=C\C/C=C\C/C=C\C/C=C\CCCCCCC(=O)OC[C@H](COC(=O)CCCCCCCCCCCCC)OC(=O)CCCCCCCCCCC/C=C\C/C=C\CCCCC. The van der Waals surface area contributed by atoms with E-state index in [-0.39, 0.29) is 31.1 Å². The minimum Gasteiger partial charge on any atom is -0.462 e. The van der Waals surface area contributed by atoms with Gasteiger partial charge in [0, 0.05) is 19.3 Å². The van der Waals surface area contributed by atoms with Crippen molar-refractivity contribution < 1.29 is 28.6 Å². The Morgan fingerprint density at radius 2 is 0.600 bits per heavy atom. The van der Waals surface area contributed by atoms with Crippen LogP contribution in [0.3, 0.4) is 0 Å². The van der Waals surface area contributed by atoms with Crippen LogP contribution < -0.4 is 0 Å². The molecular weight excluding hydrogens is 805 g/mol. The molecule has 0 spiro atoms. The van der Waals surface area contributed by atoms with E-state index in [1.165, 1.54) is 122 Å². The van der Waals surface area contributed by atoms with Crippen LogP contribution in [0.25, 0.3) is 0 Å². The molecule has 0 aliphatic carbocycles. The van der Waals surface area contributed by atoms with E-state index < -0.39 is 6.10 Å². The number of allylic oxidation sites excluding steroid dienone is 12. The molecule has 0 radical (unpaired) electrons. The Kier molecular flexibility index (Phi) is 50.9. The quantitative estimate of drug-likeness (QED) is 0.0262. The lowest BCUT2D eigenvalue weighted by Gasteiger charge is -2.18. The average molecular weight is 907 g/mol. The second-order valence-electron chi connectivity index (χ2n) is 18.1. The number of esters is 3. The minimum absolute atomic E-state index is 0.0833. The van der Waals surface area contributed by atoms with Gasteiger partial charge in [-0.3, -0.25) is 14.4 Å². The maximum absolute atomic E-state index is 12.8. The fourth-order valence-corrected chi connectivity index (χ4v) is 7.58. The van der Waals surface area contributed by atoms with Gasteiger partial charge in [0.25, 0.3) is 0 Å². The Morgan fingerprint density at radius 3 is 0.969 bits per heavy atom. The van der Waals surface area contributed by atoms with Crippen molar-refractivity contribution >= 4 is 17.9 Å². The number of carbonyl (C=O) groups is 3. The highest BCUT2D eigenvalue weighted by molar-refractivity contribution is 5.71. The van der Waals surface area contributed by atoms with Crippen molar-refractivity contribution in [3.63, 3.8) is 0 Å². The van der Waals surface area contributed by atoms with Crippen LogP contribution in [-0.4, -0.2) is 37.2 Å². The Bertz CT molecular complexity index is 1230. The highest BCUT2D eigenvalue weighted by atomic mass is 16.6. The van der Waals surface area contributed by atoms with Crippen LogP contribution in [0.2, 0.25) is 0 Å². The monoisotopic (exact) mass is 907 g/mol. The summed E-state index contributed by atoms with van der Waals surface area (Å²) in [6.07, 6.45) is 67.4. The molecule has 0 aromatic rings. The molecule has 0 saturated carbocycles. The first-order valence-electron chi connectivity index (χ1n) is 27.4. The summed E-state index contributed by atoms with van der Waals surface area (Å²) in [7, 11) is 0. The number of hydrogen-bond acceptors (Lipinski definition) is 6. The standard InChI is InChI=1S/C59H102O6/c1-4-7-10-13-16-19-22-24-26-28-29-31-33-35-38-41-44-47-50-53-59(62)65-56(54-63-57(60)51-48-45-42-39-36-21-18-15-12-9-6-3)55-64-58(61)52-49-46-43-40-37-34-32-30-27-25-23-20-17-14-11-8-5-2/h8,11,16-17,19-20,24-27,32,34,56H,4-7,9-10,12-15,18,21-23,28-31,33,35-55H2,1-3H3/b11-8-,19-16-,20-17-,26-24-,27-25-,34-32-/t56-/m0/s1. The van der Waals surface area contributed by atoms with Gasteiger partial charge < -0.3 is 14.2 Å². The maximum Gasteiger partial charge on any atom is 0.306 e. The summed E-state index contributed by atoms with van der Waals surface area (Å²) < 4.78 is 16.8. The summed E-state index contributed by atoms with van der Waals surface area (Å²) in [5.41, 5.74) is 0. The zero-order valence-electron chi connectivity index (χ0n) is 42.7. The maximum atomic E-state index is 12.8. The third kappa shape index (κ3) is 51.7. The van der Waals surface area contributed by atoms with Crippen LogP contribution in [0.5, 0.6) is 0 Å². The van der Waals surface area contributed by atoms with Gasteiger partial charge in [-0.1, -0.05) is 229 Å². The van der Waals surface area contributed by atoms with Crippen molar-refractivity contribution in [2.45, 2.75) is 271 Å². The summed E-state index contributed by atoms with van der Waals surface area (Å²) in [4.78, 5) is 38.0. The third-order valence-corrected chi connectivity index (χ3v) is 11.7. The fraction of sp³-hybridized carbons (Fsp3) is 0.746. The molecule has 0 fully saturated rings. The zero-order chi connectivity index (χ0) is 47.2. The number of hydrogen-bond donors (Lipinski definition) is 0. The Hall–Kier alpha value is -3.15. The van der Waals surface area contributed by atoms with E-state index in [1.54, 1.807) is 0 Å². The molecule has 1 atom stereocenters. The molecule has 0 aliphatic rings. The zero-order valence-corrected chi connectivity index (χ0v) is 42.7. The molecule has 374 valence electrons. The lowest BCUT2D eigenvalue weighted by Crippen LogP contribution is -2.30. The normalized spacial score (nSPS) is 12.6. The van der Waals surface area contributed by atoms with Crippen molar-refractivity contribution in [2.75, 3.05) is 13.2 Å². The van der Waals surface area contributed by atoms with Gasteiger partial charge in [-0.05, 0) is 89.9 Å². The van der Waals surface area contributed by atoms with E-state index in [1.807, 2.05) is 0 Å². The van der Waals surface area contributed by atoms with Crippen LogP contribution >= 0.6 is 0 Å². The van der Waals surface area contributed by atoms with E-state index in [0.29, 0.717) is 19.3 Å². The fourth-order valence-electron chi connectivity index (χ4n) is 7.58. The van der Waals surface area contributed by atoms with Gasteiger partial charge >= 0.3 is 17.9 Å². The lowest BCUT2D eigenvalue weighted by atomic mass is 10.1. The number of carbonyl (C=O) groups excluding carboxylic acids is 3. The van der Waals surface area contributed by atoms with Gasteiger partial charge in [0.1, 0.15) is 13.2 Å². The van der Waals surface area contributed by atoms with Crippen molar-refractivity contribution in [1.29, 1.82) is 0 Å². The largest absolute Gasteiger partial charge is 0.462 e. The van der Waals surface area contributed by atoms with Crippen molar-refractivity contribution in [3.8, 4) is 0 Å². The molecule has 6 nitrogen and oxygen atoms in total. The molecule has 0 heterocycles. The summed E-state index contributed by atoms with van der Waals surface area (Å²) in [6, 6.07) is 0. The smallest absolute Gasteiger partial charge is 0.306 e. The Labute approximate surface area is 402 Å². The molecule has 0 N–H and O–H groups in total. The lowest BCUT2D eigenvalue weighted by molar-refractivity contribution is -0.167. The minimum atomic E-state index is -0.786. The average Bonchev–Trinajstić information content (AvgIpc) is 3.30. The highest BCUT2D eigenvalue weighted by Gasteiger charge is 2.19. The van der Waals surface area contributed by atoms with Crippen molar-refractivity contribution in [3.05, 3.63) is 72.9 Å². The first kappa shape index (κ1) is 61.9. The van der Waals surface area contributed by atoms with E-state index in [4.69, 9.17) is 14.2 Å². The molecule has 0 unspecified atom stereocenters. The second-order valence-corrected chi connectivity index (χ2v) is 18.1. The molecule has 0 amide bonds. The first-order valence-corrected chi connectivity index (χ1v) is 27.4. The van der Waals surface area contributed by atoms with Gasteiger partial charge in [-0.2, -0.15) is 0 Å². The number of ether oxygens (including phenoxy) is 3. The Balaban J connectivity index is 4.39. The number of unbranched alkanes of at least 4 members (excludes halogenated alkanes) is 26. The van der Waals surface area contributed by atoms with Crippen LogP contribution in [0, 0.1) is 0 Å². The topological polar surface area (TPSA) is 78.9 Å². The van der Waals surface area contributed by atoms with Crippen LogP contribution in [-0.2, 0) is 28.6 Å². The molecular formula is C59H102O6. The predicted octanol–water partition coefficient (Wildman–Crippen LogP) is 18.2. The van der Waals surface area contributed by atoms with Gasteiger partial charge in [0.2, 0.25) is 0 Å². The summed E-state index contributed by atoms with van der Waals surface area (Å²) in [6.45, 7) is 6.48. The molecule has 6 heteroatoms. The highest BCUT2D eigenvalue weighted by Crippen LogP contribution is 2.15. The molecule has 0 aromatic carbocycles. The summed E-state index contributed by atoms with van der Waals surface area (Å²) in [5, 5.41) is 0. The second kappa shape index (κ2) is 53.5. The molecule has 0 bridgehead atoms. The molecule has 0 aromatic heterocycles. The van der Waals surface area contributed by atoms with E-state index in [0.717, 1.165) is 103 Å². The van der Waals surface area contributed by atoms with E-state index in [9.17, 15) is 14.4 Å².